The number of hydrogen-bond donors (Lipinski definition) is 0. The lowest BCUT2D eigenvalue weighted by Gasteiger charge is -1.90. The molecule has 0 amide bonds. The van der Waals surface area contributed by atoms with Crippen molar-refractivity contribution in [1.29, 1.82) is 0 Å². The second kappa shape index (κ2) is 30.7. The SMILES string of the molecule is Cc1ccc2ncoc2c1.Cc1ccc2ncsc2c1.Cc1ccc2ocnc2c1.Cc1ccc2scnc2c1.Cc1cccc2ncoc12.Cc1cccc2ncsc12.Cc1cccc2ocnc12.Cc1cccc2scnc12.Cc1nc2ccccc2o1. The Kier molecular flexibility index (Phi) is 21.5. The Morgan fingerprint density at radius 2 is 0.822 bits per heavy atom. The zero-order valence-electron chi connectivity index (χ0n) is 51.0. The Balaban J connectivity index is 0.000000111. The molecule has 14 nitrogen and oxygen atoms in total. The van der Waals surface area contributed by atoms with Crippen LogP contribution in [0.1, 0.15) is 50.4 Å². The second-order valence-electron chi connectivity index (χ2n) is 20.6. The Morgan fingerprint density at radius 3 is 1.60 bits per heavy atom. The minimum atomic E-state index is 0.723. The van der Waals surface area contributed by atoms with E-state index in [4.69, 9.17) is 22.1 Å². The Bertz CT molecular complexity index is 4610. The van der Waals surface area contributed by atoms with E-state index < -0.39 is 0 Å². The van der Waals surface area contributed by atoms with Crippen molar-refractivity contribution in [2.45, 2.75) is 62.3 Å². The minimum absolute atomic E-state index is 0.723. The molecule has 18 heteroatoms. The quantitative estimate of drug-likeness (QED) is 0.140. The van der Waals surface area contributed by atoms with E-state index in [1.54, 1.807) is 45.3 Å². The number of fused-ring (bicyclic) bond motifs is 9. The first-order chi connectivity index (χ1) is 43.8. The van der Waals surface area contributed by atoms with Crippen molar-refractivity contribution in [1.82, 2.24) is 44.9 Å². The number of nitrogens with zero attached hydrogens (tertiary/aromatic N) is 9. The summed E-state index contributed by atoms with van der Waals surface area (Å²) < 4.78 is 30.8. The maximum absolute atomic E-state index is 5.26. The first-order valence-corrected chi connectivity index (χ1v) is 32.0. The van der Waals surface area contributed by atoms with Crippen molar-refractivity contribution >= 4 is 142 Å². The zero-order valence-corrected chi connectivity index (χ0v) is 54.2. The van der Waals surface area contributed by atoms with E-state index in [0.29, 0.717) is 0 Å². The molecular weight excluding hydrogens is 1200 g/mol. The Hall–Kier alpha value is -10.1. The normalized spacial score (nSPS) is 10.5. The number of benzene rings is 9. The standard InChI is InChI=1S/5C8H7NO.4C8H7NS/c1-6-2-3-8-7(4-6)9-5-10-8;1-6-2-3-7-8(4-6)10-5-9-7;1-6-3-2-4-7-8(6)9-5-10-7;1-6-3-2-4-7-8(6)10-5-9-7;1-6-9-7-4-2-3-5-8(7)10-6;1-6-2-3-8-7(4-6)9-5-10-8;1-6-2-3-7-8(4-6)10-5-9-7;1-6-3-2-4-7-8(6)9-5-10-7;1-6-3-2-4-7-8(6)10-5-9-7/h9*2-5H,1H3. The van der Waals surface area contributed by atoms with Crippen LogP contribution in [0.3, 0.4) is 0 Å². The molecule has 0 bridgehead atoms. The lowest BCUT2D eigenvalue weighted by molar-refractivity contribution is 0.561. The highest BCUT2D eigenvalue weighted by Crippen LogP contribution is 2.24. The molecule has 0 spiro atoms. The maximum Gasteiger partial charge on any atom is 0.192 e. The van der Waals surface area contributed by atoms with Gasteiger partial charge in [-0.3, -0.25) is 0 Å². The number of aryl methyl sites for hydroxylation is 9. The van der Waals surface area contributed by atoms with Gasteiger partial charge in [0.1, 0.15) is 27.6 Å². The average molecular weight is 1260 g/mol. The van der Waals surface area contributed by atoms with Crippen molar-refractivity contribution in [3.8, 4) is 0 Å². The van der Waals surface area contributed by atoms with Gasteiger partial charge < -0.3 is 22.1 Å². The number of oxazole rings is 5. The van der Waals surface area contributed by atoms with Gasteiger partial charge >= 0.3 is 0 Å². The van der Waals surface area contributed by atoms with Crippen LogP contribution in [0.4, 0.5) is 0 Å². The third kappa shape index (κ3) is 16.9. The molecule has 18 rings (SSSR count). The monoisotopic (exact) mass is 1260 g/mol. The minimum Gasteiger partial charge on any atom is -0.443 e. The first-order valence-electron chi connectivity index (χ1n) is 28.5. The van der Waals surface area contributed by atoms with Gasteiger partial charge in [0.05, 0.1) is 62.9 Å². The van der Waals surface area contributed by atoms with Crippen molar-refractivity contribution in [2.24, 2.45) is 0 Å². The molecule has 90 heavy (non-hydrogen) atoms. The van der Waals surface area contributed by atoms with Crippen LogP contribution in [-0.2, 0) is 0 Å². The molecule has 0 fully saturated rings. The molecule has 0 radical (unpaired) electrons. The molecular formula is C72H63N9O5S4. The van der Waals surface area contributed by atoms with Crippen LogP contribution in [0.5, 0.6) is 0 Å². The first kappa shape index (κ1) is 62.9. The molecule has 0 N–H and O–H groups in total. The predicted molar refractivity (Wildman–Crippen MR) is 371 cm³/mol. The number of rotatable bonds is 0. The topological polar surface area (TPSA) is 182 Å². The van der Waals surface area contributed by atoms with E-state index >= 15 is 0 Å². The highest BCUT2D eigenvalue weighted by atomic mass is 32.1. The van der Waals surface area contributed by atoms with Crippen LogP contribution in [0.15, 0.2) is 240 Å². The Labute approximate surface area is 535 Å². The lowest BCUT2D eigenvalue weighted by Crippen LogP contribution is -1.72. The number of para-hydroxylation sites is 5. The number of thiazole rings is 4. The number of hydrogen-bond acceptors (Lipinski definition) is 18. The molecule has 9 aromatic carbocycles. The van der Waals surface area contributed by atoms with Gasteiger partial charge in [0.25, 0.3) is 0 Å². The smallest absolute Gasteiger partial charge is 0.192 e. The van der Waals surface area contributed by atoms with Gasteiger partial charge in [0, 0.05) is 6.92 Å². The van der Waals surface area contributed by atoms with Gasteiger partial charge in [-0.15, -0.1) is 45.3 Å². The molecule has 0 saturated heterocycles. The summed E-state index contributed by atoms with van der Waals surface area (Å²) in [5.41, 5.74) is 30.9. The summed E-state index contributed by atoms with van der Waals surface area (Å²) in [4.78, 5) is 37.0. The van der Waals surface area contributed by atoms with Gasteiger partial charge in [-0.25, -0.2) is 44.9 Å². The molecule has 9 heterocycles. The summed E-state index contributed by atoms with van der Waals surface area (Å²) >= 11 is 6.77. The van der Waals surface area contributed by atoms with Crippen LogP contribution in [-0.4, -0.2) is 44.9 Å². The molecule has 0 unspecified atom stereocenters. The van der Waals surface area contributed by atoms with Crippen LogP contribution in [0.2, 0.25) is 0 Å². The molecule has 0 saturated carbocycles. The molecule has 450 valence electrons. The fraction of sp³-hybridized carbons (Fsp3) is 0.125. The molecule has 9 aromatic heterocycles. The molecule has 0 atom stereocenters. The van der Waals surface area contributed by atoms with Gasteiger partial charge in [0.2, 0.25) is 0 Å². The highest BCUT2D eigenvalue weighted by molar-refractivity contribution is 7.17. The van der Waals surface area contributed by atoms with Crippen molar-refractivity contribution in [3.05, 3.63) is 268 Å². The largest absolute Gasteiger partial charge is 0.443 e. The third-order valence-corrected chi connectivity index (χ3v) is 17.0. The van der Waals surface area contributed by atoms with Crippen LogP contribution >= 0.6 is 45.3 Å². The summed E-state index contributed by atoms with van der Waals surface area (Å²) in [5.74, 6) is 0.723. The third-order valence-electron chi connectivity index (χ3n) is 13.6. The lowest BCUT2D eigenvalue weighted by atomic mass is 10.2. The van der Waals surface area contributed by atoms with Gasteiger partial charge in [-0.2, -0.15) is 0 Å². The predicted octanol–water partition coefficient (Wildman–Crippen LogP) is 21.1. The van der Waals surface area contributed by atoms with E-state index in [1.807, 2.05) is 166 Å². The fourth-order valence-electron chi connectivity index (χ4n) is 8.96. The maximum atomic E-state index is 5.26. The van der Waals surface area contributed by atoms with E-state index in [9.17, 15) is 0 Å². The highest BCUT2D eigenvalue weighted by Gasteiger charge is 2.03. The molecule has 18 aromatic rings. The zero-order chi connectivity index (χ0) is 62.8. The average Bonchev–Trinajstić information content (AvgIpc) is 4.40. The van der Waals surface area contributed by atoms with Crippen LogP contribution < -0.4 is 0 Å². The molecule has 0 aliphatic carbocycles. The summed E-state index contributed by atoms with van der Waals surface area (Å²) in [5, 5.41) is 0. The Morgan fingerprint density at radius 1 is 0.289 bits per heavy atom. The van der Waals surface area contributed by atoms with Gasteiger partial charge in [0.15, 0.2) is 59.4 Å². The van der Waals surface area contributed by atoms with Crippen LogP contribution in [0, 0.1) is 62.3 Å². The fourth-order valence-corrected chi connectivity index (χ4v) is 11.9. The van der Waals surface area contributed by atoms with E-state index in [1.165, 1.54) is 77.8 Å². The van der Waals surface area contributed by atoms with Crippen LogP contribution in [0.25, 0.3) is 96.4 Å². The van der Waals surface area contributed by atoms with Gasteiger partial charge in [-0.05, 0) is 185 Å². The summed E-state index contributed by atoms with van der Waals surface area (Å²) in [6.45, 7) is 18.3. The van der Waals surface area contributed by atoms with Crippen molar-refractivity contribution in [3.63, 3.8) is 0 Å². The van der Waals surface area contributed by atoms with E-state index in [2.05, 4.69) is 133 Å². The molecule has 0 aliphatic rings. The van der Waals surface area contributed by atoms with Gasteiger partial charge in [-0.1, -0.05) is 84.9 Å². The van der Waals surface area contributed by atoms with E-state index in [-0.39, 0.29) is 0 Å². The molecule has 0 aliphatic heterocycles. The summed E-state index contributed by atoms with van der Waals surface area (Å²) in [6, 6.07) is 56.5. The summed E-state index contributed by atoms with van der Waals surface area (Å²) in [7, 11) is 0. The van der Waals surface area contributed by atoms with E-state index in [0.717, 1.165) is 94.6 Å². The van der Waals surface area contributed by atoms with Crippen molar-refractivity contribution in [2.75, 3.05) is 0 Å². The number of aromatic nitrogens is 9. The second-order valence-corrected chi connectivity index (χ2v) is 24.1. The summed E-state index contributed by atoms with van der Waals surface area (Å²) in [6.07, 6.45) is 5.86. The van der Waals surface area contributed by atoms with Crippen molar-refractivity contribution < 1.29 is 22.1 Å².